The highest BCUT2D eigenvalue weighted by atomic mass is 32.2. The molecule has 6 nitrogen and oxygen atoms in total. The van der Waals surface area contributed by atoms with E-state index in [0.717, 1.165) is 48.0 Å². The Balaban J connectivity index is 1.59. The predicted octanol–water partition coefficient (Wildman–Crippen LogP) is 6.63. The van der Waals surface area contributed by atoms with Crippen LogP contribution in [0.25, 0.3) is 0 Å². The Morgan fingerprint density at radius 2 is 1.49 bits per heavy atom. The molecule has 206 valence electrons. The first-order valence-electron chi connectivity index (χ1n) is 13.2. The van der Waals surface area contributed by atoms with Gasteiger partial charge in [-0.25, -0.2) is 0 Å². The number of nitrogens with zero attached hydrogens (tertiary/aromatic N) is 2. The summed E-state index contributed by atoms with van der Waals surface area (Å²) in [5, 5.41) is 10.7. The Labute approximate surface area is 236 Å². The van der Waals surface area contributed by atoms with E-state index in [0.29, 0.717) is 17.9 Å². The lowest BCUT2D eigenvalue weighted by Crippen LogP contribution is -2.36. The van der Waals surface area contributed by atoms with Crippen molar-refractivity contribution in [3.8, 4) is 29.1 Å². The lowest BCUT2D eigenvalue weighted by Gasteiger charge is -2.35. The summed E-state index contributed by atoms with van der Waals surface area (Å²) in [6.45, 7) is 7.02. The van der Waals surface area contributed by atoms with Crippen LogP contribution in [-0.4, -0.2) is 46.4 Å². The van der Waals surface area contributed by atoms with Gasteiger partial charge in [-0.15, -0.1) is 0 Å². The number of hydrogen-bond donors (Lipinski definition) is 0. The van der Waals surface area contributed by atoms with Gasteiger partial charge in [-0.1, -0.05) is 42.4 Å². The second-order valence-corrected chi connectivity index (χ2v) is 11.6. The van der Waals surface area contributed by atoms with E-state index in [1.807, 2.05) is 18.2 Å². The third-order valence-corrected chi connectivity index (χ3v) is 8.70. The molecule has 39 heavy (non-hydrogen) atoms. The summed E-state index contributed by atoms with van der Waals surface area (Å²) >= 11 is 1.61. The SMILES string of the molecule is COc1ccc(C(C#N)(CC(C)CN2CCc3cc(OC)c(OC)cc3C2)Sc2ccc(C)cc2)cc1OC. The summed E-state index contributed by atoms with van der Waals surface area (Å²) in [7, 11) is 6.61. The molecule has 0 aromatic heterocycles. The van der Waals surface area contributed by atoms with Crippen LogP contribution in [0.1, 0.15) is 35.6 Å². The first-order valence-corrected chi connectivity index (χ1v) is 14.0. The average molecular weight is 547 g/mol. The maximum absolute atomic E-state index is 10.7. The van der Waals surface area contributed by atoms with E-state index < -0.39 is 4.75 Å². The predicted molar refractivity (Wildman–Crippen MR) is 156 cm³/mol. The minimum absolute atomic E-state index is 0.261. The number of methoxy groups -OCH3 is 4. The number of hydrogen-bond acceptors (Lipinski definition) is 7. The zero-order valence-electron chi connectivity index (χ0n) is 23.7. The lowest BCUT2D eigenvalue weighted by molar-refractivity contribution is 0.210. The van der Waals surface area contributed by atoms with Gasteiger partial charge in [0.25, 0.3) is 0 Å². The molecule has 0 saturated carbocycles. The number of benzene rings is 3. The standard InChI is InChI=1S/C32H38N2O4S/c1-22-7-10-27(11-8-22)39-32(21-33,26-9-12-28(35-3)31(17-26)38-6)18-23(2)19-34-14-13-24-15-29(36-4)30(37-5)16-25(24)20-34/h7-12,15-17,23H,13-14,18-20H2,1-6H3. The van der Waals surface area contributed by atoms with Crippen LogP contribution in [0.2, 0.25) is 0 Å². The Morgan fingerprint density at radius 3 is 2.10 bits per heavy atom. The van der Waals surface area contributed by atoms with Crippen LogP contribution in [0.3, 0.4) is 0 Å². The fraction of sp³-hybridized carbons (Fsp3) is 0.406. The van der Waals surface area contributed by atoms with Crippen LogP contribution in [-0.2, 0) is 17.7 Å². The molecule has 3 aromatic rings. The topological polar surface area (TPSA) is 64.0 Å². The van der Waals surface area contributed by atoms with Crippen LogP contribution < -0.4 is 18.9 Å². The summed E-state index contributed by atoms with van der Waals surface area (Å²) in [6.07, 6.45) is 1.65. The molecule has 3 aromatic carbocycles. The van der Waals surface area contributed by atoms with Crippen LogP contribution in [0.15, 0.2) is 59.5 Å². The lowest BCUT2D eigenvalue weighted by atomic mass is 9.88. The Hall–Kier alpha value is -3.34. The molecule has 0 amide bonds. The van der Waals surface area contributed by atoms with Crippen LogP contribution in [0.5, 0.6) is 23.0 Å². The minimum atomic E-state index is -0.793. The van der Waals surface area contributed by atoms with Crippen molar-refractivity contribution in [1.82, 2.24) is 4.90 Å². The largest absolute Gasteiger partial charge is 0.493 e. The maximum Gasteiger partial charge on any atom is 0.161 e. The van der Waals surface area contributed by atoms with E-state index in [4.69, 9.17) is 18.9 Å². The molecule has 2 unspecified atom stereocenters. The number of ether oxygens (including phenoxy) is 4. The second kappa shape index (κ2) is 12.7. The molecule has 2 atom stereocenters. The van der Waals surface area contributed by atoms with E-state index in [1.165, 1.54) is 16.7 Å². The van der Waals surface area contributed by atoms with E-state index in [2.05, 4.69) is 61.2 Å². The molecule has 4 rings (SSSR count). The van der Waals surface area contributed by atoms with Crippen molar-refractivity contribution in [2.75, 3.05) is 41.5 Å². The number of rotatable bonds is 11. The van der Waals surface area contributed by atoms with Crippen molar-refractivity contribution in [1.29, 1.82) is 5.26 Å². The molecule has 0 radical (unpaired) electrons. The average Bonchev–Trinajstić information content (AvgIpc) is 2.96. The van der Waals surface area contributed by atoms with Gasteiger partial charge in [-0.05, 0) is 78.8 Å². The van der Waals surface area contributed by atoms with E-state index in [9.17, 15) is 5.26 Å². The Morgan fingerprint density at radius 1 is 0.872 bits per heavy atom. The quantitative estimate of drug-likeness (QED) is 0.250. The van der Waals surface area contributed by atoms with Crippen molar-refractivity contribution in [2.24, 2.45) is 5.92 Å². The van der Waals surface area contributed by atoms with Crippen molar-refractivity contribution in [3.05, 3.63) is 76.9 Å². The van der Waals surface area contributed by atoms with Gasteiger partial charge in [0.1, 0.15) is 4.75 Å². The molecular weight excluding hydrogens is 508 g/mol. The minimum Gasteiger partial charge on any atom is -0.493 e. The monoisotopic (exact) mass is 546 g/mol. The van der Waals surface area contributed by atoms with E-state index in [1.54, 1.807) is 40.2 Å². The Kier molecular flexibility index (Phi) is 9.32. The first-order chi connectivity index (χ1) is 18.8. The fourth-order valence-corrected chi connectivity index (χ4v) is 6.67. The highest BCUT2D eigenvalue weighted by Crippen LogP contribution is 2.48. The van der Waals surface area contributed by atoms with E-state index >= 15 is 0 Å². The maximum atomic E-state index is 10.7. The van der Waals surface area contributed by atoms with Gasteiger partial charge in [-0.3, -0.25) is 4.90 Å². The molecular formula is C32H38N2O4S. The molecule has 0 fully saturated rings. The first kappa shape index (κ1) is 28.7. The molecule has 0 saturated heterocycles. The fourth-order valence-electron chi connectivity index (χ4n) is 5.34. The van der Waals surface area contributed by atoms with Gasteiger partial charge < -0.3 is 18.9 Å². The van der Waals surface area contributed by atoms with E-state index in [-0.39, 0.29) is 5.92 Å². The molecule has 0 bridgehead atoms. The second-order valence-electron chi connectivity index (χ2n) is 10.2. The molecule has 1 aliphatic rings. The third kappa shape index (κ3) is 6.46. The number of aryl methyl sites for hydroxylation is 1. The molecule has 0 aliphatic carbocycles. The summed E-state index contributed by atoms with van der Waals surface area (Å²) in [4.78, 5) is 3.55. The van der Waals surface area contributed by atoms with Gasteiger partial charge in [0.05, 0.1) is 34.5 Å². The smallest absolute Gasteiger partial charge is 0.161 e. The molecule has 1 heterocycles. The molecule has 0 N–H and O–H groups in total. The normalized spacial score (nSPS) is 15.4. The highest BCUT2D eigenvalue weighted by molar-refractivity contribution is 8.00. The van der Waals surface area contributed by atoms with Gasteiger partial charge in [0, 0.05) is 24.5 Å². The van der Waals surface area contributed by atoms with Gasteiger partial charge in [0.2, 0.25) is 0 Å². The van der Waals surface area contributed by atoms with Gasteiger partial charge in [-0.2, -0.15) is 5.26 Å². The molecule has 0 spiro atoms. The van der Waals surface area contributed by atoms with Gasteiger partial charge in [0.15, 0.2) is 23.0 Å². The summed E-state index contributed by atoms with van der Waals surface area (Å²) in [5.41, 5.74) is 4.69. The summed E-state index contributed by atoms with van der Waals surface area (Å²) in [6, 6.07) is 21.1. The van der Waals surface area contributed by atoms with Crippen molar-refractivity contribution in [2.45, 2.75) is 42.9 Å². The summed E-state index contributed by atoms with van der Waals surface area (Å²) in [5.74, 6) is 3.08. The van der Waals surface area contributed by atoms with Crippen molar-refractivity contribution >= 4 is 11.8 Å². The van der Waals surface area contributed by atoms with Crippen molar-refractivity contribution in [3.63, 3.8) is 0 Å². The number of fused-ring (bicyclic) bond motifs is 1. The third-order valence-electron chi connectivity index (χ3n) is 7.35. The molecule has 7 heteroatoms. The summed E-state index contributed by atoms with van der Waals surface area (Å²) < 4.78 is 21.3. The zero-order valence-corrected chi connectivity index (χ0v) is 24.6. The van der Waals surface area contributed by atoms with Crippen LogP contribution >= 0.6 is 11.8 Å². The molecule has 1 aliphatic heterocycles. The zero-order chi connectivity index (χ0) is 28.0. The Bertz CT molecular complexity index is 1320. The highest BCUT2D eigenvalue weighted by Gasteiger charge is 2.37. The van der Waals surface area contributed by atoms with Crippen LogP contribution in [0.4, 0.5) is 0 Å². The number of nitriles is 1. The van der Waals surface area contributed by atoms with Crippen LogP contribution in [0, 0.1) is 24.2 Å². The van der Waals surface area contributed by atoms with Gasteiger partial charge >= 0.3 is 0 Å². The number of thioether (sulfide) groups is 1. The van der Waals surface area contributed by atoms with Crippen molar-refractivity contribution < 1.29 is 18.9 Å².